The number of hydrogen-bond acceptors (Lipinski definition) is 3. The van der Waals surface area contributed by atoms with E-state index < -0.39 is 23.3 Å². The van der Waals surface area contributed by atoms with E-state index in [1.54, 1.807) is 0 Å². The number of amides is 1. The third kappa shape index (κ3) is 2.72. The Bertz CT molecular complexity index is 470. The standard InChI is InChI=1S/C11H11F3N2O2/c1-15-10(17)9-8(11(12,13)14)4-7(5-16-9)18-6-2-3-6/h4-6H,2-3H2,1H3,(H,15,17). The number of carbonyl (C=O) groups is 1. The van der Waals surface area contributed by atoms with E-state index in [0.717, 1.165) is 25.1 Å². The lowest BCUT2D eigenvalue weighted by Gasteiger charge is -2.13. The number of alkyl halides is 3. The summed E-state index contributed by atoms with van der Waals surface area (Å²) in [6, 6.07) is 0.815. The van der Waals surface area contributed by atoms with Crippen molar-refractivity contribution >= 4 is 5.91 Å². The zero-order valence-corrected chi connectivity index (χ0v) is 9.54. The Morgan fingerprint density at radius 3 is 2.67 bits per heavy atom. The average molecular weight is 260 g/mol. The lowest BCUT2D eigenvalue weighted by Crippen LogP contribution is -2.24. The maximum absolute atomic E-state index is 12.8. The van der Waals surface area contributed by atoms with Crippen LogP contribution in [0.1, 0.15) is 28.9 Å². The molecule has 7 heteroatoms. The van der Waals surface area contributed by atoms with E-state index in [9.17, 15) is 18.0 Å². The number of pyridine rings is 1. The first-order valence-corrected chi connectivity index (χ1v) is 5.38. The lowest BCUT2D eigenvalue weighted by molar-refractivity contribution is -0.138. The molecule has 0 bridgehead atoms. The minimum Gasteiger partial charge on any atom is -0.489 e. The normalized spacial score (nSPS) is 15.3. The van der Waals surface area contributed by atoms with Crippen molar-refractivity contribution in [1.29, 1.82) is 0 Å². The molecule has 1 heterocycles. The van der Waals surface area contributed by atoms with Gasteiger partial charge in [0.05, 0.1) is 17.9 Å². The molecule has 4 nitrogen and oxygen atoms in total. The molecule has 1 amide bonds. The first kappa shape index (κ1) is 12.7. The monoisotopic (exact) mass is 260 g/mol. The van der Waals surface area contributed by atoms with Crippen molar-refractivity contribution in [3.63, 3.8) is 0 Å². The van der Waals surface area contributed by atoms with Crippen LogP contribution in [0.25, 0.3) is 0 Å². The molecule has 1 saturated carbocycles. The number of aromatic nitrogens is 1. The van der Waals surface area contributed by atoms with Gasteiger partial charge in [-0.05, 0) is 18.9 Å². The predicted molar refractivity (Wildman–Crippen MR) is 56.3 cm³/mol. The smallest absolute Gasteiger partial charge is 0.418 e. The lowest BCUT2D eigenvalue weighted by atomic mass is 10.1. The molecule has 0 saturated heterocycles. The average Bonchev–Trinajstić information content (AvgIpc) is 3.11. The second-order valence-electron chi connectivity index (χ2n) is 3.96. The Labute approximate surface area is 101 Å². The van der Waals surface area contributed by atoms with E-state index >= 15 is 0 Å². The molecular formula is C11H11F3N2O2. The highest BCUT2D eigenvalue weighted by atomic mass is 19.4. The summed E-state index contributed by atoms with van der Waals surface area (Å²) in [4.78, 5) is 14.9. The van der Waals surface area contributed by atoms with Crippen molar-refractivity contribution in [1.82, 2.24) is 10.3 Å². The van der Waals surface area contributed by atoms with Crippen LogP contribution < -0.4 is 10.1 Å². The van der Waals surface area contributed by atoms with Crippen LogP contribution in [-0.2, 0) is 6.18 Å². The molecule has 1 aliphatic rings. The van der Waals surface area contributed by atoms with Gasteiger partial charge in [0.25, 0.3) is 5.91 Å². The van der Waals surface area contributed by atoms with Gasteiger partial charge in [0.15, 0.2) is 0 Å². The summed E-state index contributed by atoms with van der Waals surface area (Å²) in [5.41, 5.74) is -1.73. The minimum atomic E-state index is -4.64. The van der Waals surface area contributed by atoms with Crippen molar-refractivity contribution in [3.8, 4) is 5.75 Å². The van der Waals surface area contributed by atoms with E-state index in [1.807, 2.05) is 0 Å². The largest absolute Gasteiger partial charge is 0.489 e. The summed E-state index contributed by atoms with van der Waals surface area (Å²) in [5, 5.41) is 2.12. The molecule has 1 aliphatic carbocycles. The Hall–Kier alpha value is -1.79. The molecular weight excluding hydrogens is 249 g/mol. The second kappa shape index (κ2) is 4.47. The van der Waals surface area contributed by atoms with Crippen molar-refractivity contribution in [2.75, 3.05) is 7.05 Å². The summed E-state index contributed by atoms with van der Waals surface area (Å²) in [6.45, 7) is 0. The Balaban J connectivity index is 2.37. The Morgan fingerprint density at radius 1 is 1.50 bits per heavy atom. The van der Waals surface area contributed by atoms with Gasteiger partial charge in [-0.2, -0.15) is 13.2 Å². The van der Waals surface area contributed by atoms with Gasteiger partial charge in [0.2, 0.25) is 0 Å². The van der Waals surface area contributed by atoms with E-state index in [2.05, 4.69) is 10.3 Å². The molecule has 1 aromatic heterocycles. The second-order valence-corrected chi connectivity index (χ2v) is 3.96. The van der Waals surface area contributed by atoms with Gasteiger partial charge < -0.3 is 10.1 Å². The highest BCUT2D eigenvalue weighted by Crippen LogP contribution is 2.35. The summed E-state index contributed by atoms with van der Waals surface area (Å²) < 4.78 is 43.6. The highest BCUT2D eigenvalue weighted by molar-refractivity contribution is 5.93. The number of halogens is 3. The first-order chi connectivity index (χ1) is 8.41. The van der Waals surface area contributed by atoms with Crippen molar-refractivity contribution in [2.45, 2.75) is 25.1 Å². The fourth-order valence-electron chi connectivity index (χ4n) is 1.40. The zero-order valence-electron chi connectivity index (χ0n) is 9.54. The number of rotatable bonds is 3. The molecule has 2 rings (SSSR count). The molecule has 1 N–H and O–H groups in total. The van der Waals surface area contributed by atoms with Crippen LogP contribution in [0.15, 0.2) is 12.3 Å². The van der Waals surface area contributed by atoms with Gasteiger partial charge in [-0.3, -0.25) is 4.79 Å². The van der Waals surface area contributed by atoms with E-state index in [4.69, 9.17) is 4.74 Å². The van der Waals surface area contributed by atoms with Crippen molar-refractivity contribution in [2.24, 2.45) is 0 Å². The molecule has 0 aromatic carbocycles. The van der Waals surface area contributed by atoms with E-state index in [0.29, 0.717) is 0 Å². The third-order valence-corrected chi connectivity index (χ3v) is 2.44. The summed E-state index contributed by atoms with van der Waals surface area (Å²) in [6.07, 6.45) is -1.87. The van der Waals surface area contributed by atoms with Gasteiger partial charge in [0, 0.05) is 7.05 Å². The molecule has 0 aliphatic heterocycles. The Morgan fingerprint density at radius 2 is 2.17 bits per heavy atom. The number of nitrogens with one attached hydrogen (secondary N) is 1. The maximum atomic E-state index is 12.8. The van der Waals surface area contributed by atoms with Crippen molar-refractivity contribution in [3.05, 3.63) is 23.5 Å². The van der Waals surface area contributed by atoms with Crippen LogP contribution in [0.4, 0.5) is 13.2 Å². The molecule has 1 fully saturated rings. The fourth-order valence-corrected chi connectivity index (χ4v) is 1.40. The van der Waals surface area contributed by atoms with E-state index in [1.165, 1.54) is 7.05 Å². The quantitative estimate of drug-likeness (QED) is 0.904. The SMILES string of the molecule is CNC(=O)c1ncc(OC2CC2)cc1C(F)(F)F. The first-order valence-electron chi connectivity index (χ1n) is 5.38. The van der Waals surface area contributed by atoms with Crippen LogP contribution in [0.3, 0.4) is 0 Å². The molecule has 0 spiro atoms. The van der Waals surface area contributed by atoms with E-state index in [-0.39, 0.29) is 11.9 Å². The van der Waals surface area contributed by atoms with Crippen LogP contribution in [0.2, 0.25) is 0 Å². The topological polar surface area (TPSA) is 51.2 Å². The van der Waals surface area contributed by atoms with Crippen LogP contribution >= 0.6 is 0 Å². The number of hydrogen-bond donors (Lipinski definition) is 1. The highest BCUT2D eigenvalue weighted by Gasteiger charge is 2.37. The molecule has 0 radical (unpaired) electrons. The van der Waals surface area contributed by atoms with Crippen LogP contribution in [-0.4, -0.2) is 24.0 Å². The molecule has 0 unspecified atom stereocenters. The summed E-state index contributed by atoms with van der Waals surface area (Å²) in [7, 11) is 1.25. The predicted octanol–water partition coefficient (Wildman–Crippen LogP) is 2.00. The fraction of sp³-hybridized carbons (Fsp3) is 0.455. The van der Waals surface area contributed by atoms with Gasteiger partial charge in [0.1, 0.15) is 11.4 Å². The summed E-state index contributed by atoms with van der Waals surface area (Å²) in [5.74, 6) is -0.835. The van der Waals surface area contributed by atoms with Gasteiger partial charge in [-0.15, -0.1) is 0 Å². The van der Waals surface area contributed by atoms with Gasteiger partial charge >= 0.3 is 6.18 Å². The third-order valence-electron chi connectivity index (χ3n) is 2.44. The van der Waals surface area contributed by atoms with Crippen LogP contribution in [0, 0.1) is 0 Å². The van der Waals surface area contributed by atoms with Crippen molar-refractivity contribution < 1.29 is 22.7 Å². The number of ether oxygens (including phenoxy) is 1. The van der Waals surface area contributed by atoms with Gasteiger partial charge in [-0.1, -0.05) is 0 Å². The molecule has 98 valence electrons. The molecule has 1 aromatic rings. The van der Waals surface area contributed by atoms with Gasteiger partial charge in [-0.25, -0.2) is 4.98 Å². The number of carbonyl (C=O) groups excluding carboxylic acids is 1. The number of nitrogens with zero attached hydrogens (tertiary/aromatic N) is 1. The zero-order chi connectivity index (χ0) is 13.3. The maximum Gasteiger partial charge on any atom is 0.418 e. The minimum absolute atomic E-state index is 0.0289. The Kier molecular flexibility index (Phi) is 3.14. The molecule has 18 heavy (non-hydrogen) atoms. The molecule has 0 atom stereocenters. The summed E-state index contributed by atoms with van der Waals surface area (Å²) >= 11 is 0. The van der Waals surface area contributed by atoms with Crippen LogP contribution in [0.5, 0.6) is 5.75 Å².